The first-order chi connectivity index (χ1) is 13.5. The molecule has 146 valence electrons. The number of halogens is 1. The van der Waals surface area contributed by atoms with Crippen molar-refractivity contribution in [2.45, 2.75) is 0 Å². The molecule has 0 spiro atoms. The number of nitrogens with zero attached hydrogens (tertiary/aromatic N) is 2. The summed E-state index contributed by atoms with van der Waals surface area (Å²) >= 11 is 3.32. The Morgan fingerprint density at radius 1 is 1.36 bits per heavy atom. The third kappa shape index (κ3) is 4.49. The van der Waals surface area contributed by atoms with Crippen molar-refractivity contribution in [1.29, 1.82) is 0 Å². The zero-order valence-corrected chi connectivity index (χ0v) is 16.1. The number of hydrazone groups is 1. The van der Waals surface area contributed by atoms with Crippen LogP contribution in [0, 0.1) is 10.1 Å². The average Bonchev–Trinajstić information content (AvgIpc) is 3.13. The summed E-state index contributed by atoms with van der Waals surface area (Å²) in [5.41, 5.74) is 2.19. The van der Waals surface area contributed by atoms with Gasteiger partial charge in [0.15, 0.2) is 18.1 Å². The van der Waals surface area contributed by atoms with Crippen molar-refractivity contribution >= 4 is 33.7 Å². The van der Waals surface area contributed by atoms with Gasteiger partial charge in [-0.1, -0.05) is 0 Å². The highest BCUT2D eigenvalue weighted by Gasteiger charge is 2.22. The topological polar surface area (TPSA) is 122 Å². The summed E-state index contributed by atoms with van der Waals surface area (Å²) in [7, 11) is 1.54. The van der Waals surface area contributed by atoms with Crippen molar-refractivity contribution in [1.82, 2.24) is 5.43 Å². The minimum absolute atomic E-state index is 0.0118. The molecule has 0 radical (unpaired) electrons. The van der Waals surface area contributed by atoms with Crippen LogP contribution in [0.25, 0.3) is 0 Å². The third-order valence-electron chi connectivity index (χ3n) is 3.61. The first-order valence-corrected chi connectivity index (χ1v) is 8.63. The second-order valence-electron chi connectivity index (χ2n) is 5.40. The molecule has 0 atom stereocenters. The molecule has 0 unspecified atom stereocenters. The number of nitro groups is 1. The highest BCUT2D eigenvalue weighted by Crippen LogP contribution is 2.37. The SMILES string of the molecule is COc1ccc(OCC(=O)NN=Cc2cc3c(cc2[N+](=O)[O-])OCO3)c(Br)c1. The molecule has 0 saturated carbocycles. The van der Waals surface area contributed by atoms with Gasteiger partial charge < -0.3 is 18.9 Å². The van der Waals surface area contributed by atoms with E-state index < -0.39 is 10.8 Å². The smallest absolute Gasteiger partial charge is 0.282 e. The van der Waals surface area contributed by atoms with Crippen LogP contribution in [0.3, 0.4) is 0 Å². The fourth-order valence-corrected chi connectivity index (χ4v) is 2.76. The summed E-state index contributed by atoms with van der Waals surface area (Å²) in [6, 6.07) is 7.70. The van der Waals surface area contributed by atoms with Crippen molar-refractivity contribution in [3.05, 3.63) is 50.5 Å². The molecule has 2 aromatic carbocycles. The first-order valence-electron chi connectivity index (χ1n) is 7.84. The highest BCUT2D eigenvalue weighted by molar-refractivity contribution is 9.10. The predicted octanol–water partition coefficient (Wildman–Crippen LogP) is 2.62. The Hall–Kier alpha value is -3.34. The minimum atomic E-state index is -0.574. The van der Waals surface area contributed by atoms with Gasteiger partial charge in [0.1, 0.15) is 11.5 Å². The number of methoxy groups -OCH3 is 1. The zero-order chi connectivity index (χ0) is 20.1. The quantitative estimate of drug-likeness (QED) is 0.389. The van der Waals surface area contributed by atoms with Crippen LogP contribution in [0.5, 0.6) is 23.0 Å². The van der Waals surface area contributed by atoms with Crippen LogP contribution in [-0.4, -0.2) is 37.6 Å². The number of hydrogen-bond donors (Lipinski definition) is 1. The van der Waals surface area contributed by atoms with Crippen molar-refractivity contribution in [3.63, 3.8) is 0 Å². The molecule has 0 aromatic heterocycles. The maximum atomic E-state index is 11.9. The molecule has 1 amide bonds. The van der Waals surface area contributed by atoms with Crippen molar-refractivity contribution < 1.29 is 28.7 Å². The van der Waals surface area contributed by atoms with Crippen LogP contribution in [0.1, 0.15) is 5.56 Å². The lowest BCUT2D eigenvalue weighted by molar-refractivity contribution is -0.385. The Balaban J connectivity index is 1.60. The van der Waals surface area contributed by atoms with E-state index in [4.69, 9.17) is 18.9 Å². The maximum absolute atomic E-state index is 11.9. The van der Waals surface area contributed by atoms with Crippen molar-refractivity contribution in [2.24, 2.45) is 5.10 Å². The van der Waals surface area contributed by atoms with E-state index in [9.17, 15) is 14.9 Å². The maximum Gasteiger partial charge on any atom is 0.282 e. The minimum Gasteiger partial charge on any atom is -0.497 e. The number of nitro benzene ring substituents is 1. The van der Waals surface area contributed by atoms with Gasteiger partial charge in [-0.15, -0.1) is 0 Å². The van der Waals surface area contributed by atoms with Crippen LogP contribution < -0.4 is 24.4 Å². The fourth-order valence-electron chi connectivity index (χ4n) is 2.28. The Bertz CT molecular complexity index is 949. The second kappa shape index (κ2) is 8.57. The molecule has 1 heterocycles. The van der Waals surface area contributed by atoms with E-state index in [1.807, 2.05) is 0 Å². The van der Waals surface area contributed by atoms with E-state index in [2.05, 4.69) is 26.5 Å². The van der Waals surface area contributed by atoms with Crippen LogP contribution >= 0.6 is 15.9 Å². The lowest BCUT2D eigenvalue weighted by atomic mass is 10.1. The lowest BCUT2D eigenvalue weighted by Crippen LogP contribution is -2.24. The Kier molecular flexibility index (Phi) is 5.94. The summed E-state index contributed by atoms with van der Waals surface area (Å²) in [6.45, 7) is -0.312. The molecule has 1 N–H and O–H groups in total. The third-order valence-corrected chi connectivity index (χ3v) is 4.23. The first kappa shape index (κ1) is 19.4. The van der Waals surface area contributed by atoms with E-state index in [1.54, 1.807) is 18.2 Å². The normalized spacial score (nSPS) is 12.1. The van der Waals surface area contributed by atoms with Crippen LogP contribution in [0.15, 0.2) is 39.9 Å². The van der Waals surface area contributed by atoms with E-state index >= 15 is 0 Å². The van der Waals surface area contributed by atoms with Gasteiger partial charge in [-0.2, -0.15) is 5.10 Å². The van der Waals surface area contributed by atoms with Gasteiger partial charge in [0.2, 0.25) is 6.79 Å². The summed E-state index contributed by atoms with van der Waals surface area (Å²) in [5.74, 6) is 1.20. The van der Waals surface area contributed by atoms with E-state index in [-0.39, 0.29) is 30.4 Å². The number of nitrogens with one attached hydrogen (secondary N) is 1. The predicted molar refractivity (Wildman–Crippen MR) is 101 cm³/mol. The number of amides is 1. The van der Waals surface area contributed by atoms with E-state index in [0.29, 0.717) is 21.7 Å². The van der Waals surface area contributed by atoms with Gasteiger partial charge >= 0.3 is 0 Å². The molecule has 2 aromatic rings. The van der Waals surface area contributed by atoms with Crippen LogP contribution in [0.2, 0.25) is 0 Å². The number of carbonyl (C=O) groups is 1. The van der Waals surface area contributed by atoms with Gasteiger partial charge in [0.05, 0.1) is 34.4 Å². The highest BCUT2D eigenvalue weighted by atomic mass is 79.9. The van der Waals surface area contributed by atoms with Crippen molar-refractivity contribution in [2.75, 3.05) is 20.5 Å². The zero-order valence-electron chi connectivity index (χ0n) is 14.5. The molecule has 11 heteroatoms. The summed E-state index contributed by atoms with van der Waals surface area (Å²) in [6.07, 6.45) is 1.15. The molecule has 0 fully saturated rings. The second-order valence-corrected chi connectivity index (χ2v) is 6.25. The molecular formula is C17H14BrN3O7. The van der Waals surface area contributed by atoms with E-state index in [0.717, 1.165) is 6.21 Å². The van der Waals surface area contributed by atoms with Gasteiger partial charge in [-0.3, -0.25) is 14.9 Å². The van der Waals surface area contributed by atoms with Crippen LogP contribution in [-0.2, 0) is 4.79 Å². The largest absolute Gasteiger partial charge is 0.497 e. The summed E-state index contributed by atoms with van der Waals surface area (Å²) in [5, 5.41) is 14.9. The number of hydrogen-bond acceptors (Lipinski definition) is 8. The monoisotopic (exact) mass is 451 g/mol. The standard InChI is InChI=1S/C17H14BrN3O7/c1-25-11-2-3-14(12(18)5-11)26-8-17(22)20-19-7-10-4-15-16(28-9-27-15)6-13(10)21(23)24/h2-7H,8-9H2,1H3,(H,20,22). The molecule has 3 rings (SSSR count). The van der Waals surface area contributed by atoms with Crippen LogP contribution in [0.4, 0.5) is 5.69 Å². The molecule has 0 bridgehead atoms. The Morgan fingerprint density at radius 3 is 2.79 bits per heavy atom. The number of benzene rings is 2. The van der Waals surface area contributed by atoms with Gasteiger partial charge in [-0.25, -0.2) is 5.43 Å². The number of ether oxygens (including phenoxy) is 4. The summed E-state index contributed by atoms with van der Waals surface area (Å²) < 4.78 is 21.4. The number of rotatable bonds is 7. The van der Waals surface area contributed by atoms with Gasteiger partial charge in [0, 0.05) is 0 Å². The molecule has 10 nitrogen and oxygen atoms in total. The van der Waals surface area contributed by atoms with Gasteiger partial charge in [-0.05, 0) is 40.2 Å². The number of carbonyl (C=O) groups excluding carboxylic acids is 1. The lowest BCUT2D eigenvalue weighted by Gasteiger charge is -2.08. The average molecular weight is 452 g/mol. The molecule has 1 aliphatic heterocycles. The molecule has 1 aliphatic rings. The number of fused-ring (bicyclic) bond motifs is 1. The van der Waals surface area contributed by atoms with Crippen molar-refractivity contribution in [3.8, 4) is 23.0 Å². The Labute approximate surface area is 167 Å². The summed E-state index contributed by atoms with van der Waals surface area (Å²) in [4.78, 5) is 22.5. The molecule has 28 heavy (non-hydrogen) atoms. The molecule has 0 aliphatic carbocycles. The molecule has 0 saturated heterocycles. The Morgan fingerprint density at radius 2 is 2.11 bits per heavy atom. The van der Waals surface area contributed by atoms with Gasteiger partial charge in [0.25, 0.3) is 11.6 Å². The fraction of sp³-hybridized carbons (Fsp3) is 0.176. The molecular weight excluding hydrogens is 438 g/mol. The van der Waals surface area contributed by atoms with E-state index in [1.165, 1.54) is 19.2 Å².